The number of nitrogens with zero attached hydrogens (tertiary/aromatic N) is 1. The lowest BCUT2D eigenvalue weighted by Crippen LogP contribution is -2.31. The molecule has 1 N–H and O–H groups in total. The number of rotatable bonds is 3. The van der Waals surface area contributed by atoms with E-state index in [0.717, 1.165) is 31.7 Å². The van der Waals surface area contributed by atoms with Gasteiger partial charge in [-0.1, -0.05) is 23.2 Å². The van der Waals surface area contributed by atoms with Crippen LogP contribution in [0.5, 0.6) is 0 Å². The minimum absolute atomic E-state index is 0.246. The first-order valence-corrected chi connectivity index (χ1v) is 7.81. The Kier molecular flexibility index (Phi) is 4.20. The molecule has 3 nitrogen and oxygen atoms in total. The van der Waals surface area contributed by atoms with Gasteiger partial charge in [0.05, 0.1) is 0 Å². The van der Waals surface area contributed by atoms with Gasteiger partial charge in [-0.05, 0) is 42.0 Å². The van der Waals surface area contributed by atoms with Crippen molar-refractivity contribution in [1.29, 1.82) is 0 Å². The number of hydrogen-bond donors (Lipinski definition) is 1. The number of likely N-dealkylation sites (tertiary alicyclic amines) is 1. The van der Waals surface area contributed by atoms with E-state index in [9.17, 15) is 4.79 Å². The van der Waals surface area contributed by atoms with Gasteiger partial charge in [-0.15, -0.1) is 0 Å². The largest absolute Gasteiger partial charge is 0.342 e. The van der Waals surface area contributed by atoms with Gasteiger partial charge in [0, 0.05) is 42.6 Å². The molecule has 0 aliphatic carbocycles. The Balaban J connectivity index is 1.54. The van der Waals surface area contributed by atoms with E-state index in [4.69, 9.17) is 23.2 Å². The highest BCUT2D eigenvalue weighted by Crippen LogP contribution is 2.27. The molecule has 1 amide bonds. The van der Waals surface area contributed by atoms with Gasteiger partial charge in [0.25, 0.3) is 0 Å². The van der Waals surface area contributed by atoms with Crippen molar-refractivity contribution >= 4 is 29.1 Å². The number of hydrogen-bond acceptors (Lipinski definition) is 2. The molecule has 0 saturated carbocycles. The third-order valence-electron chi connectivity index (χ3n) is 4.29. The molecule has 1 aromatic rings. The number of carbonyl (C=O) groups is 1. The molecule has 2 aliphatic rings. The van der Waals surface area contributed by atoms with Crippen molar-refractivity contribution in [2.45, 2.75) is 12.8 Å². The van der Waals surface area contributed by atoms with Crippen LogP contribution in [0, 0.1) is 11.8 Å². The summed E-state index contributed by atoms with van der Waals surface area (Å²) in [6.45, 7) is 3.93. The topological polar surface area (TPSA) is 32.3 Å². The van der Waals surface area contributed by atoms with Gasteiger partial charge in [-0.2, -0.15) is 0 Å². The lowest BCUT2D eigenvalue weighted by atomic mass is 10.0. The van der Waals surface area contributed by atoms with E-state index in [1.807, 2.05) is 17.0 Å². The molecule has 0 radical (unpaired) electrons. The molecule has 2 fully saturated rings. The van der Waals surface area contributed by atoms with Crippen molar-refractivity contribution in [3.8, 4) is 0 Å². The van der Waals surface area contributed by atoms with E-state index in [2.05, 4.69) is 5.32 Å². The fourth-order valence-corrected chi connectivity index (χ4v) is 3.79. The normalized spacial score (nSPS) is 25.0. The zero-order valence-electron chi connectivity index (χ0n) is 11.2. The highest BCUT2D eigenvalue weighted by atomic mass is 35.5. The quantitative estimate of drug-likeness (QED) is 0.930. The van der Waals surface area contributed by atoms with Crippen LogP contribution >= 0.6 is 23.2 Å². The Morgan fingerprint density at radius 1 is 1.15 bits per heavy atom. The first-order chi connectivity index (χ1) is 9.61. The van der Waals surface area contributed by atoms with Gasteiger partial charge in [0.15, 0.2) is 0 Å². The molecule has 2 atom stereocenters. The van der Waals surface area contributed by atoms with Crippen molar-refractivity contribution in [3.63, 3.8) is 0 Å². The molecule has 108 valence electrons. The van der Waals surface area contributed by atoms with E-state index in [-0.39, 0.29) is 5.91 Å². The Morgan fingerprint density at radius 2 is 1.75 bits per heavy atom. The summed E-state index contributed by atoms with van der Waals surface area (Å²) in [6, 6.07) is 5.47. The highest BCUT2D eigenvalue weighted by Gasteiger charge is 2.37. The van der Waals surface area contributed by atoms with Crippen molar-refractivity contribution < 1.29 is 4.79 Å². The number of carbonyl (C=O) groups excluding carboxylic acids is 1. The number of amides is 1. The summed E-state index contributed by atoms with van der Waals surface area (Å²) < 4.78 is 0. The Morgan fingerprint density at radius 3 is 2.35 bits per heavy atom. The maximum atomic E-state index is 12.3. The molecule has 0 spiro atoms. The van der Waals surface area contributed by atoms with Gasteiger partial charge in [0.1, 0.15) is 0 Å². The maximum absolute atomic E-state index is 12.3. The molecular weight excluding hydrogens is 295 g/mol. The average molecular weight is 313 g/mol. The summed E-state index contributed by atoms with van der Waals surface area (Å²) in [7, 11) is 0. The fourth-order valence-electron chi connectivity index (χ4n) is 3.22. The number of halogens is 2. The maximum Gasteiger partial charge on any atom is 0.222 e. The summed E-state index contributed by atoms with van der Waals surface area (Å²) in [5, 5.41) is 4.64. The fraction of sp³-hybridized carbons (Fsp3) is 0.533. The molecule has 20 heavy (non-hydrogen) atoms. The van der Waals surface area contributed by atoms with E-state index in [0.29, 0.717) is 34.7 Å². The lowest BCUT2D eigenvalue weighted by Gasteiger charge is -2.17. The Labute approximate surface area is 129 Å². The molecule has 3 rings (SSSR count). The summed E-state index contributed by atoms with van der Waals surface area (Å²) in [5.74, 6) is 1.55. The van der Waals surface area contributed by atoms with Crippen LogP contribution in [0.25, 0.3) is 0 Å². The van der Waals surface area contributed by atoms with Crippen LogP contribution in [0.2, 0.25) is 10.0 Å². The second-order valence-corrected chi connectivity index (χ2v) is 6.63. The zero-order valence-corrected chi connectivity index (χ0v) is 12.8. The van der Waals surface area contributed by atoms with Crippen molar-refractivity contribution in [1.82, 2.24) is 10.2 Å². The summed E-state index contributed by atoms with van der Waals surface area (Å²) in [5.41, 5.74) is 1.02. The molecule has 2 aliphatic heterocycles. The van der Waals surface area contributed by atoms with Gasteiger partial charge < -0.3 is 10.2 Å². The molecule has 0 unspecified atom stereocenters. The first-order valence-electron chi connectivity index (χ1n) is 7.05. The second kappa shape index (κ2) is 5.92. The average Bonchev–Trinajstić information content (AvgIpc) is 2.95. The molecular formula is C15H18Cl2N2O. The van der Waals surface area contributed by atoms with Crippen LogP contribution in [0.4, 0.5) is 0 Å². The standard InChI is InChI=1S/C15H18Cl2N2O/c16-13-3-10(4-14(17)5-13)1-2-15(20)19-8-11-6-18-7-12(11)9-19/h3-5,11-12,18H,1-2,6-9H2/t11-,12+. The van der Waals surface area contributed by atoms with Crippen molar-refractivity contribution in [3.05, 3.63) is 33.8 Å². The second-order valence-electron chi connectivity index (χ2n) is 5.75. The predicted octanol–water partition coefficient (Wildman–Crippen LogP) is 2.60. The van der Waals surface area contributed by atoms with Gasteiger partial charge >= 0.3 is 0 Å². The van der Waals surface area contributed by atoms with Crippen LogP contribution in [0.1, 0.15) is 12.0 Å². The third kappa shape index (κ3) is 3.11. The third-order valence-corrected chi connectivity index (χ3v) is 4.73. The van der Waals surface area contributed by atoms with Crippen LogP contribution in [0.15, 0.2) is 18.2 Å². The molecule has 0 aromatic heterocycles. The molecule has 0 bridgehead atoms. The molecule has 5 heteroatoms. The summed E-state index contributed by atoms with van der Waals surface area (Å²) >= 11 is 11.9. The SMILES string of the molecule is O=C(CCc1cc(Cl)cc(Cl)c1)N1C[C@H]2CNC[C@H]2C1. The first kappa shape index (κ1) is 14.2. The van der Waals surface area contributed by atoms with Crippen molar-refractivity contribution in [2.75, 3.05) is 26.2 Å². The van der Waals surface area contributed by atoms with Crippen LogP contribution in [0.3, 0.4) is 0 Å². The molecule has 2 saturated heterocycles. The van der Waals surface area contributed by atoms with Gasteiger partial charge in [-0.3, -0.25) is 4.79 Å². The Hall–Kier alpha value is -0.770. The highest BCUT2D eigenvalue weighted by molar-refractivity contribution is 6.34. The lowest BCUT2D eigenvalue weighted by molar-refractivity contribution is -0.130. The smallest absolute Gasteiger partial charge is 0.222 e. The van der Waals surface area contributed by atoms with Gasteiger partial charge in [0.2, 0.25) is 5.91 Å². The minimum atomic E-state index is 0.246. The van der Waals surface area contributed by atoms with Crippen LogP contribution < -0.4 is 5.32 Å². The predicted molar refractivity (Wildman–Crippen MR) is 81.2 cm³/mol. The van der Waals surface area contributed by atoms with E-state index >= 15 is 0 Å². The van der Waals surface area contributed by atoms with E-state index < -0.39 is 0 Å². The van der Waals surface area contributed by atoms with Crippen LogP contribution in [-0.2, 0) is 11.2 Å². The Bertz CT molecular complexity index is 488. The van der Waals surface area contributed by atoms with Crippen LogP contribution in [-0.4, -0.2) is 37.0 Å². The summed E-state index contributed by atoms with van der Waals surface area (Å²) in [6.07, 6.45) is 1.23. The molecule has 1 aromatic carbocycles. The van der Waals surface area contributed by atoms with E-state index in [1.54, 1.807) is 6.07 Å². The summed E-state index contributed by atoms with van der Waals surface area (Å²) in [4.78, 5) is 14.3. The minimum Gasteiger partial charge on any atom is -0.342 e. The number of benzene rings is 1. The monoisotopic (exact) mass is 312 g/mol. The number of fused-ring (bicyclic) bond motifs is 1. The van der Waals surface area contributed by atoms with E-state index in [1.165, 1.54) is 0 Å². The molecule has 2 heterocycles. The zero-order chi connectivity index (χ0) is 14.1. The van der Waals surface area contributed by atoms with Crippen molar-refractivity contribution in [2.24, 2.45) is 11.8 Å². The number of aryl methyl sites for hydroxylation is 1. The number of nitrogens with one attached hydrogen (secondary N) is 1. The van der Waals surface area contributed by atoms with Gasteiger partial charge in [-0.25, -0.2) is 0 Å².